The minimum absolute atomic E-state index is 0. The summed E-state index contributed by atoms with van der Waals surface area (Å²) in [4.78, 5) is 0. The van der Waals surface area contributed by atoms with Crippen LogP contribution in [0.3, 0.4) is 0 Å². The average molecular weight is 272 g/mol. The second kappa shape index (κ2) is 10.3. The van der Waals surface area contributed by atoms with E-state index in [1.807, 2.05) is 0 Å². The molecule has 0 N–H and O–H groups in total. The first-order valence-electron chi connectivity index (χ1n) is 2.62. The molecular formula is C4H6K2N2O5S. The van der Waals surface area contributed by atoms with Gasteiger partial charge in [0.05, 0.1) is 0 Å². The Hall–Kier alpha value is 2.12. The van der Waals surface area contributed by atoms with E-state index in [1.165, 1.54) is 0 Å². The van der Waals surface area contributed by atoms with Crippen molar-refractivity contribution >= 4 is 22.0 Å². The summed E-state index contributed by atoms with van der Waals surface area (Å²) in [5.74, 6) is -2.65. The zero-order chi connectivity index (χ0) is 9.78. The molecule has 0 spiro atoms. The maximum absolute atomic E-state index is 10.1. The minimum Gasteiger partial charge on any atom is -0.857 e. The summed E-state index contributed by atoms with van der Waals surface area (Å²) in [6.07, 6.45) is 0. The summed E-state index contributed by atoms with van der Waals surface area (Å²) in [5.41, 5.74) is 0. The molecule has 1 heterocycles. The normalized spacial score (nSPS) is 16.1. The van der Waals surface area contributed by atoms with Crippen molar-refractivity contribution < 1.29 is 126 Å². The van der Waals surface area contributed by atoms with Crippen LogP contribution in [-0.2, 0) is 14.9 Å². The summed E-state index contributed by atoms with van der Waals surface area (Å²) in [7, 11) is -0.844. The van der Waals surface area contributed by atoms with Gasteiger partial charge in [0.1, 0.15) is 0 Å². The van der Waals surface area contributed by atoms with Crippen molar-refractivity contribution in [2.24, 2.45) is 8.80 Å². The predicted molar refractivity (Wildman–Crippen MR) is 36.7 cm³/mol. The van der Waals surface area contributed by atoms with E-state index in [2.05, 4.69) is 13.5 Å². The van der Waals surface area contributed by atoms with Gasteiger partial charge in [-0.3, -0.25) is 0 Å². The van der Waals surface area contributed by atoms with E-state index in [0.29, 0.717) is 0 Å². The third-order valence-electron chi connectivity index (χ3n) is 0.579. The summed E-state index contributed by atoms with van der Waals surface area (Å²) in [6.45, 7) is 0. The van der Waals surface area contributed by atoms with Crippen LogP contribution in [0, 0.1) is 0 Å². The number of nitrogens with zero attached hydrogens (tertiary/aromatic N) is 2. The molecule has 0 fully saturated rings. The fraction of sp³-hybridized carbons (Fsp3) is 0.500. The Balaban J connectivity index is -0.000000218. The second-order valence-corrected chi connectivity index (χ2v) is 2.91. The molecule has 70 valence electrons. The van der Waals surface area contributed by atoms with Crippen molar-refractivity contribution in [1.82, 2.24) is 0 Å². The van der Waals surface area contributed by atoms with Crippen LogP contribution in [0.4, 0.5) is 0 Å². The van der Waals surface area contributed by atoms with Crippen LogP contribution in [-0.4, -0.2) is 34.4 Å². The first kappa shape index (κ1) is 21.4. The Kier molecular flexibility index (Phi) is 15.7. The molecule has 0 aliphatic carbocycles. The fourth-order valence-electron chi connectivity index (χ4n) is 0.308. The van der Waals surface area contributed by atoms with E-state index in [9.17, 15) is 18.6 Å². The summed E-state index contributed by atoms with van der Waals surface area (Å²) >= 11 is 0. The van der Waals surface area contributed by atoms with E-state index in [4.69, 9.17) is 0 Å². The molecule has 0 unspecified atom stereocenters. The van der Waals surface area contributed by atoms with Crippen molar-refractivity contribution in [3.05, 3.63) is 0 Å². The second-order valence-electron chi connectivity index (χ2n) is 1.65. The van der Waals surface area contributed by atoms with Crippen molar-refractivity contribution in [1.29, 1.82) is 0 Å². The number of hydrogen-bond donors (Lipinski definition) is 0. The Morgan fingerprint density at radius 3 is 1.36 bits per heavy atom. The van der Waals surface area contributed by atoms with E-state index in [-0.39, 0.29) is 103 Å². The zero-order valence-electron chi connectivity index (χ0n) is 8.34. The van der Waals surface area contributed by atoms with Gasteiger partial charge >= 0.3 is 113 Å². The molecular weight excluding hydrogens is 266 g/mol. The molecule has 0 aromatic rings. The topological polar surface area (TPSA) is 114 Å². The van der Waals surface area contributed by atoms with Crippen LogP contribution < -0.4 is 113 Å². The molecule has 0 aromatic heterocycles. The predicted octanol–water partition coefficient (Wildman–Crippen LogP) is -8.97. The maximum Gasteiger partial charge on any atom is 1.00 e. The van der Waals surface area contributed by atoms with Gasteiger partial charge in [-0.05, 0) is 0 Å². The SMILES string of the molecule is COC.O=S1(=O)N=C([O-])C([O-])=N1.[K+].[K+]. The van der Waals surface area contributed by atoms with Gasteiger partial charge in [-0.1, -0.05) is 0 Å². The molecule has 7 nitrogen and oxygen atoms in total. The Morgan fingerprint density at radius 1 is 1.07 bits per heavy atom. The Morgan fingerprint density at radius 2 is 1.29 bits per heavy atom. The number of ether oxygens (including phenoxy) is 1. The number of rotatable bonds is 0. The molecule has 14 heavy (non-hydrogen) atoms. The van der Waals surface area contributed by atoms with Crippen LogP contribution in [0.5, 0.6) is 0 Å². The summed E-state index contributed by atoms with van der Waals surface area (Å²) in [6, 6.07) is 0. The van der Waals surface area contributed by atoms with Crippen LogP contribution in [0.25, 0.3) is 0 Å². The minimum atomic E-state index is -4.09. The van der Waals surface area contributed by atoms with Crippen molar-refractivity contribution in [2.45, 2.75) is 0 Å². The largest absolute Gasteiger partial charge is 1.00 e. The van der Waals surface area contributed by atoms with Crippen molar-refractivity contribution in [3.63, 3.8) is 0 Å². The maximum atomic E-state index is 10.1. The fourth-order valence-corrected chi connectivity index (χ4v) is 0.924. The van der Waals surface area contributed by atoms with E-state index < -0.39 is 22.0 Å². The molecule has 0 aromatic carbocycles. The third kappa shape index (κ3) is 9.36. The summed E-state index contributed by atoms with van der Waals surface area (Å²) in [5, 5.41) is 20.0. The monoisotopic (exact) mass is 272 g/mol. The molecule has 0 radical (unpaired) electrons. The van der Waals surface area contributed by atoms with Gasteiger partial charge < -0.3 is 14.9 Å². The quantitative estimate of drug-likeness (QED) is 0.406. The molecule has 1 aliphatic rings. The van der Waals surface area contributed by atoms with Gasteiger partial charge in [0.2, 0.25) is 0 Å². The number of hydrogen-bond acceptors (Lipinski definition) is 5. The van der Waals surface area contributed by atoms with Crippen LogP contribution in [0.1, 0.15) is 0 Å². The van der Waals surface area contributed by atoms with E-state index in [1.54, 1.807) is 14.2 Å². The van der Waals surface area contributed by atoms with E-state index >= 15 is 0 Å². The van der Waals surface area contributed by atoms with Gasteiger partial charge in [0.25, 0.3) is 0 Å². The molecule has 1 aliphatic heterocycles. The Labute approximate surface area is 167 Å². The molecule has 0 amide bonds. The average Bonchev–Trinajstić information content (AvgIpc) is 2.06. The van der Waals surface area contributed by atoms with Gasteiger partial charge in [-0.15, -0.1) is 0 Å². The molecule has 1 rings (SSSR count). The van der Waals surface area contributed by atoms with Gasteiger partial charge in [0, 0.05) is 26.0 Å². The van der Waals surface area contributed by atoms with Crippen molar-refractivity contribution in [3.8, 4) is 0 Å². The summed E-state index contributed by atoms with van der Waals surface area (Å²) < 4.78 is 29.2. The Bertz CT molecular complexity index is 288. The molecule has 0 atom stereocenters. The van der Waals surface area contributed by atoms with Crippen LogP contribution in [0.15, 0.2) is 8.80 Å². The zero-order valence-corrected chi connectivity index (χ0v) is 15.4. The van der Waals surface area contributed by atoms with Gasteiger partial charge in [-0.2, -0.15) is 17.2 Å². The number of methoxy groups -OCH3 is 1. The molecule has 10 heteroatoms. The van der Waals surface area contributed by atoms with Crippen LogP contribution in [0.2, 0.25) is 0 Å². The van der Waals surface area contributed by atoms with Crippen LogP contribution >= 0.6 is 0 Å². The third-order valence-corrected chi connectivity index (χ3v) is 1.37. The molecule has 0 bridgehead atoms. The molecule has 0 saturated heterocycles. The van der Waals surface area contributed by atoms with Gasteiger partial charge in [-0.25, -0.2) is 0 Å². The van der Waals surface area contributed by atoms with Crippen molar-refractivity contribution in [2.75, 3.05) is 14.2 Å². The molecule has 0 saturated carbocycles. The van der Waals surface area contributed by atoms with Gasteiger partial charge in [0.15, 0.2) is 0 Å². The first-order chi connectivity index (χ1) is 5.43. The first-order valence-corrected chi connectivity index (χ1v) is 4.02. The smallest absolute Gasteiger partial charge is 0.857 e. The van der Waals surface area contributed by atoms with E-state index in [0.717, 1.165) is 0 Å². The standard InChI is InChI=1S/C2H2N2O4S.C2H6O.2K/c5-1-2(6)4-9(7,8)3-1;1-3-2;;/h(H,3,5)(H,4,6);1-2H3;;/q;;2*+1/p-2.